The molecule has 2 rings (SSSR count). The molecule has 0 saturated carbocycles. The monoisotopic (exact) mass is 255 g/mol. The molecule has 2 aromatic rings. The molecule has 3 nitrogen and oxygen atoms in total. The molecule has 1 N–H and O–H groups in total. The van der Waals surface area contributed by atoms with Crippen molar-refractivity contribution in [1.29, 1.82) is 0 Å². The molecule has 0 bridgehead atoms. The van der Waals surface area contributed by atoms with Gasteiger partial charge in [-0.25, -0.2) is 13.2 Å². The molecule has 0 radical (unpaired) electrons. The van der Waals surface area contributed by atoms with E-state index < -0.39 is 17.5 Å². The lowest BCUT2D eigenvalue weighted by atomic mass is 10.2. The summed E-state index contributed by atoms with van der Waals surface area (Å²) in [6.07, 6.45) is 0. The molecule has 0 unspecified atom stereocenters. The molecule has 6 heteroatoms. The molecule has 0 fully saturated rings. The van der Waals surface area contributed by atoms with E-state index >= 15 is 0 Å². The predicted molar refractivity (Wildman–Crippen MR) is 61.6 cm³/mol. The third-order valence-corrected chi connectivity index (χ3v) is 2.55. The summed E-state index contributed by atoms with van der Waals surface area (Å²) in [5.41, 5.74) is 1.25. The van der Waals surface area contributed by atoms with Crippen molar-refractivity contribution in [1.82, 2.24) is 9.78 Å². The smallest absolute Gasteiger partial charge is 0.152 e. The first-order valence-corrected chi connectivity index (χ1v) is 5.35. The zero-order valence-corrected chi connectivity index (χ0v) is 9.97. The van der Waals surface area contributed by atoms with Gasteiger partial charge in [0.1, 0.15) is 11.5 Å². The summed E-state index contributed by atoms with van der Waals surface area (Å²) < 4.78 is 41.0. The Morgan fingerprint density at radius 3 is 2.28 bits per heavy atom. The van der Waals surface area contributed by atoms with E-state index in [4.69, 9.17) is 0 Å². The first kappa shape index (κ1) is 12.5. The van der Waals surface area contributed by atoms with Crippen LogP contribution >= 0.6 is 0 Å². The molecule has 1 heterocycles. The average molecular weight is 255 g/mol. The molecule has 0 spiro atoms. The first-order valence-electron chi connectivity index (χ1n) is 5.35. The van der Waals surface area contributed by atoms with Crippen molar-refractivity contribution in [3.8, 4) is 0 Å². The second kappa shape index (κ2) is 4.72. The van der Waals surface area contributed by atoms with Gasteiger partial charge in [0.05, 0.1) is 17.9 Å². The molecule has 96 valence electrons. The highest BCUT2D eigenvalue weighted by atomic mass is 19.1. The number of halogens is 3. The fourth-order valence-electron chi connectivity index (χ4n) is 1.72. The largest absolute Gasteiger partial charge is 0.375 e. The number of hydrogen-bond acceptors (Lipinski definition) is 2. The number of rotatable bonds is 3. The highest BCUT2D eigenvalue weighted by Gasteiger charge is 2.11. The molecule has 0 aliphatic heterocycles. The lowest BCUT2D eigenvalue weighted by molar-refractivity contribution is 0.546. The van der Waals surface area contributed by atoms with Gasteiger partial charge < -0.3 is 5.32 Å². The Kier molecular flexibility index (Phi) is 3.27. The highest BCUT2D eigenvalue weighted by molar-refractivity contribution is 5.46. The summed E-state index contributed by atoms with van der Waals surface area (Å²) in [4.78, 5) is 0. The lowest BCUT2D eigenvalue weighted by Gasteiger charge is -2.09. The molecule has 0 amide bonds. The molecule has 0 aliphatic carbocycles. The van der Waals surface area contributed by atoms with Crippen molar-refractivity contribution in [2.75, 3.05) is 5.32 Å². The second-order valence-corrected chi connectivity index (χ2v) is 4.00. The van der Waals surface area contributed by atoms with Gasteiger partial charge in [-0.2, -0.15) is 5.10 Å². The van der Waals surface area contributed by atoms with Crippen LogP contribution in [0.15, 0.2) is 18.2 Å². The van der Waals surface area contributed by atoms with E-state index in [1.165, 1.54) is 0 Å². The van der Waals surface area contributed by atoms with Crippen molar-refractivity contribution < 1.29 is 13.2 Å². The number of aryl methyl sites for hydroxylation is 2. The maximum absolute atomic E-state index is 13.4. The normalized spacial score (nSPS) is 10.7. The Morgan fingerprint density at radius 2 is 1.78 bits per heavy atom. The third kappa shape index (κ3) is 2.47. The summed E-state index contributed by atoms with van der Waals surface area (Å²) in [6, 6.07) is 3.08. The van der Waals surface area contributed by atoms with Gasteiger partial charge >= 0.3 is 0 Å². The maximum atomic E-state index is 13.4. The fraction of sp³-hybridized carbons (Fsp3) is 0.250. The van der Waals surface area contributed by atoms with Crippen LogP contribution in [0.25, 0.3) is 0 Å². The van der Waals surface area contributed by atoms with Crippen LogP contribution in [-0.4, -0.2) is 9.78 Å². The van der Waals surface area contributed by atoms with Crippen molar-refractivity contribution in [3.63, 3.8) is 0 Å². The van der Waals surface area contributed by atoms with Gasteiger partial charge in [0.15, 0.2) is 11.6 Å². The maximum Gasteiger partial charge on any atom is 0.152 e. The van der Waals surface area contributed by atoms with Gasteiger partial charge in [-0.1, -0.05) is 0 Å². The molecular formula is C12H12F3N3. The molecule has 18 heavy (non-hydrogen) atoms. The molecular weight excluding hydrogens is 243 g/mol. The van der Waals surface area contributed by atoms with E-state index in [0.717, 1.165) is 11.4 Å². The van der Waals surface area contributed by atoms with E-state index in [9.17, 15) is 13.2 Å². The quantitative estimate of drug-likeness (QED) is 0.914. The predicted octanol–water partition coefficient (Wildman–Crippen LogP) is 2.76. The van der Waals surface area contributed by atoms with Crippen LogP contribution in [0.4, 0.5) is 18.9 Å². The Hall–Kier alpha value is -1.98. The zero-order chi connectivity index (χ0) is 13.3. The van der Waals surface area contributed by atoms with Crippen LogP contribution < -0.4 is 5.32 Å². The Morgan fingerprint density at radius 1 is 1.17 bits per heavy atom. The number of aromatic nitrogens is 2. The summed E-state index contributed by atoms with van der Waals surface area (Å²) in [6.45, 7) is 2.03. The van der Waals surface area contributed by atoms with Crippen molar-refractivity contribution >= 4 is 5.69 Å². The standard InChI is InChI=1S/C12H12F3N3/c1-7-3-9(18(2)17-7)6-16-12-10(14)4-8(13)5-11(12)15/h3-5,16H,6H2,1-2H3. The summed E-state index contributed by atoms with van der Waals surface area (Å²) in [7, 11) is 1.74. The summed E-state index contributed by atoms with van der Waals surface area (Å²) >= 11 is 0. The van der Waals surface area contributed by atoms with Crippen LogP contribution in [-0.2, 0) is 13.6 Å². The molecule has 1 aromatic heterocycles. The first-order chi connectivity index (χ1) is 8.47. The second-order valence-electron chi connectivity index (χ2n) is 4.00. The van der Waals surface area contributed by atoms with E-state index in [2.05, 4.69) is 10.4 Å². The topological polar surface area (TPSA) is 29.9 Å². The Labute approximate surface area is 102 Å². The van der Waals surface area contributed by atoms with E-state index in [1.807, 2.05) is 6.92 Å². The van der Waals surface area contributed by atoms with Gasteiger partial charge in [0.25, 0.3) is 0 Å². The zero-order valence-electron chi connectivity index (χ0n) is 9.97. The minimum Gasteiger partial charge on any atom is -0.375 e. The fourth-order valence-corrected chi connectivity index (χ4v) is 1.72. The van der Waals surface area contributed by atoms with E-state index in [1.54, 1.807) is 17.8 Å². The number of nitrogens with one attached hydrogen (secondary N) is 1. The lowest BCUT2D eigenvalue weighted by Crippen LogP contribution is -2.08. The van der Waals surface area contributed by atoms with Crippen LogP contribution in [0, 0.1) is 24.4 Å². The summed E-state index contributed by atoms with van der Waals surface area (Å²) in [5.74, 6) is -2.84. The van der Waals surface area contributed by atoms with Gasteiger partial charge in [0, 0.05) is 19.2 Å². The van der Waals surface area contributed by atoms with Crippen molar-refractivity contribution in [2.24, 2.45) is 7.05 Å². The number of hydrogen-bond donors (Lipinski definition) is 1. The van der Waals surface area contributed by atoms with Crippen LogP contribution in [0.3, 0.4) is 0 Å². The van der Waals surface area contributed by atoms with Gasteiger partial charge in [-0.3, -0.25) is 4.68 Å². The minimum atomic E-state index is -0.952. The minimum absolute atomic E-state index is 0.205. The molecule has 0 saturated heterocycles. The van der Waals surface area contributed by atoms with E-state index in [0.29, 0.717) is 12.1 Å². The number of nitrogens with zero attached hydrogens (tertiary/aromatic N) is 2. The van der Waals surface area contributed by atoms with Gasteiger partial charge in [0.2, 0.25) is 0 Å². The van der Waals surface area contributed by atoms with Crippen LogP contribution in [0.5, 0.6) is 0 Å². The number of anilines is 1. The molecule has 0 atom stereocenters. The third-order valence-electron chi connectivity index (χ3n) is 2.55. The van der Waals surface area contributed by atoms with Crippen LogP contribution in [0.1, 0.15) is 11.4 Å². The average Bonchev–Trinajstić information content (AvgIpc) is 2.55. The Bertz CT molecular complexity index is 555. The van der Waals surface area contributed by atoms with Gasteiger partial charge in [-0.15, -0.1) is 0 Å². The Balaban J connectivity index is 2.18. The molecule has 0 aliphatic rings. The molecule has 1 aromatic carbocycles. The highest BCUT2D eigenvalue weighted by Crippen LogP contribution is 2.20. The van der Waals surface area contributed by atoms with Crippen molar-refractivity contribution in [3.05, 3.63) is 47.0 Å². The van der Waals surface area contributed by atoms with Crippen molar-refractivity contribution in [2.45, 2.75) is 13.5 Å². The SMILES string of the molecule is Cc1cc(CNc2c(F)cc(F)cc2F)n(C)n1. The van der Waals surface area contributed by atoms with Crippen LogP contribution in [0.2, 0.25) is 0 Å². The van der Waals surface area contributed by atoms with Gasteiger partial charge in [-0.05, 0) is 13.0 Å². The summed E-state index contributed by atoms with van der Waals surface area (Å²) in [5, 5.41) is 6.71. The number of benzene rings is 1. The van der Waals surface area contributed by atoms with E-state index in [-0.39, 0.29) is 12.2 Å².